The number of rotatable bonds is 5. The lowest BCUT2D eigenvalue weighted by Gasteiger charge is -2.04. The molecule has 5 heteroatoms. The third kappa shape index (κ3) is 3.67. The number of carbonyl (C=O) groups is 1. The van der Waals surface area contributed by atoms with Crippen LogP contribution in [0.25, 0.3) is 17.0 Å². The number of hydrogen-bond acceptors (Lipinski definition) is 5. The molecule has 25 heavy (non-hydrogen) atoms. The van der Waals surface area contributed by atoms with Crippen LogP contribution < -0.4 is 10.4 Å². The molecule has 1 aromatic heterocycles. The smallest absolute Gasteiger partial charge is 0.347 e. The van der Waals surface area contributed by atoms with Crippen LogP contribution in [-0.4, -0.2) is 19.1 Å². The Balaban J connectivity index is 1.92. The number of benzene rings is 2. The Hall–Kier alpha value is -2.79. The molecule has 0 fully saturated rings. The molecule has 0 spiro atoms. The predicted octanol–water partition coefficient (Wildman–Crippen LogP) is 4.42. The van der Waals surface area contributed by atoms with Crippen LogP contribution >= 0.6 is 11.8 Å². The average molecular weight is 352 g/mol. The molecule has 0 radical (unpaired) electrons. The molecular weight excluding hydrogens is 336 g/mol. The second-order valence-corrected chi connectivity index (χ2v) is 6.18. The van der Waals surface area contributed by atoms with Gasteiger partial charge in [0.15, 0.2) is 17.1 Å². The first-order chi connectivity index (χ1) is 12.1. The normalized spacial score (nSPS) is 11.1. The van der Waals surface area contributed by atoms with Gasteiger partial charge in [0.05, 0.1) is 7.11 Å². The molecule has 1 heterocycles. The highest BCUT2D eigenvalue weighted by Gasteiger charge is 2.13. The molecule has 3 aromatic rings. The van der Waals surface area contributed by atoms with E-state index in [0.717, 1.165) is 10.5 Å². The lowest BCUT2D eigenvalue weighted by atomic mass is 10.1. The van der Waals surface area contributed by atoms with E-state index in [9.17, 15) is 9.59 Å². The Kier molecular flexibility index (Phi) is 5.05. The van der Waals surface area contributed by atoms with Gasteiger partial charge in [0.1, 0.15) is 5.56 Å². The largest absolute Gasteiger partial charge is 0.493 e. The number of thioether (sulfide) groups is 1. The van der Waals surface area contributed by atoms with E-state index in [0.29, 0.717) is 16.7 Å². The van der Waals surface area contributed by atoms with Crippen molar-refractivity contribution in [3.63, 3.8) is 0 Å². The van der Waals surface area contributed by atoms with Gasteiger partial charge in [0.2, 0.25) is 0 Å². The standard InChI is InChI=1S/C20H16O4S/c1-23-18-5-3-4-14-12-16(20(22)24-19(14)18)17(21)11-8-13-6-9-15(25-2)10-7-13/h3-12H,1-2H3. The van der Waals surface area contributed by atoms with Crippen molar-refractivity contribution in [1.82, 2.24) is 0 Å². The van der Waals surface area contributed by atoms with Crippen molar-refractivity contribution in [3.05, 3.63) is 76.2 Å². The molecule has 0 amide bonds. The summed E-state index contributed by atoms with van der Waals surface area (Å²) < 4.78 is 10.5. The highest BCUT2D eigenvalue weighted by atomic mass is 32.2. The highest BCUT2D eigenvalue weighted by molar-refractivity contribution is 7.98. The molecule has 0 N–H and O–H groups in total. The first-order valence-corrected chi connectivity index (χ1v) is 8.82. The molecule has 2 aromatic carbocycles. The topological polar surface area (TPSA) is 56.5 Å². The fourth-order valence-electron chi connectivity index (χ4n) is 2.43. The van der Waals surface area contributed by atoms with Gasteiger partial charge in [-0.15, -0.1) is 11.8 Å². The van der Waals surface area contributed by atoms with Crippen molar-refractivity contribution in [1.29, 1.82) is 0 Å². The van der Waals surface area contributed by atoms with Crippen molar-refractivity contribution >= 4 is 34.6 Å². The van der Waals surface area contributed by atoms with Gasteiger partial charge in [-0.3, -0.25) is 4.79 Å². The molecule has 126 valence electrons. The predicted molar refractivity (Wildman–Crippen MR) is 101 cm³/mol. The highest BCUT2D eigenvalue weighted by Crippen LogP contribution is 2.24. The summed E-state index contributed by atoms with van der Waals surface area (Å²) in [5, 5.41) is 0.639. The third-order valence-corrected chi connectivity index (χ3v) is 4.50. The fraction of sp³-hybridized carbons (Fsp3) is 0.100. The fourth-order valence-corrected chi connectivity index (χ4v) is 2.84. The van der Waals surface area contributed by atoms with Crippen LogP contribution in [0.1, 0.15) is 15.9 Å². The Morgan fingerprint density at radius 2 is 1.92 bits per heavy atom. The molecule has 0 aliphatic carbocycles. The first-order valence-electron chi connectivity index (χ1n) is 7.59. The molecule has 0 saturated heterocycles. The van der Waals surface area contributed by atoms with E-state index in [1.165, 1.54) is 19.3 Å². The van der Waals surface area contributed by atoms with Gasteiger partial charge in [0.25, 0.3) is 0 Å². The summed E-state index contributed by atoms with van der Waals surface area (Å²) in [5.74, 6) is 0.0606. The van der Waals surface area contributed by atoms with E-state index in [1.807, 2.05) is 30.5 Å². The zero-order valence-corrected chi connectivity index (χ0v) is 14.6. The number of allylic oxidation sites excluding steroid dienone is 1. The monoisotopic (exact) mass is 352 g/mol. The number of ketones is 1. The number of para-hydroxylation sites is 1. The van der Waals surface area contributed by atoms with Gasteiger partial charge in [-0.25, -0.2) is 4.79 Å². The number of carbonyl (C=O) groups excluding carboxylic acids is 1. The van der Waals surface area contributed by atoms with E-state index in [2.05, 4.69) is 0 Å². The average Bonchev–Trinajstić information content (AvgIpc) is 2.65. The Morgan fingerprint density at radius 1 is 1.16 bits per heavy atom. The quantitative estimate of drug-likeness (QED) is 0.294. The number of fused-ring (bicyclic) bond motifs is 1. The lowest BCUT2D eigenvalue weighted by molar-refractivity contribution is 0.104. The van der Waals surface area contributed by atoms with Gasteiger partial charge in [-0.2, -0.15) is 0 Å². The Morgan fingerprint density at radius 3 is 2.60 bits per heavy atom. The van der Waals surface area contributed by atoms with Gasteiger partial charge >= 0.3 is 5.63 Å². The Bertz CT molecular complexity index is 1000. The maximum Gasteiger partial charge on any atom is 0.347 e. The van der Waals surface area contributed by atoms with E-state index < -0.39 is 11.4 Å². The maximum atomic E-state index is 12.4. The van der Waals surface area contributed by atoms with Crippen LogP contribution in [0.4, 0.5) is 0 Å². The van der Waals surface area contributed by atoms with Crippen molar-refractivity contribution in [2.45, 2.75) is 4.90 Å². The zero-order valence-electron chi connectivity index (χ0n) is 13.8. The minimum Gasteiger partial charge on any atom is -0.493 e. The van der Waals surface area contributed by atoms with Crippen molar-refractivity contribution in [2.24, 2.45) is 0 Å². The minimum absolute atomic E-state index is 0.00210. The summed E-state index contributed by atoms with van der Waals surface area (Å²) >= 11 is 1.65. The molecule has 4 nitrogen and oxygen atoms in total. The lowest BCUT2D eigenvalue weighted by Crippen LogP contribution is -2.12. The number of ether oxygens (including phenoxy) is 1. The Labute approximate surface area is 149 Å². The van der Waals surface area contributed by atoms with Crippen LogP contribution in [0.5, 0.6) is 5.75 Å². The minimum atomic E-state index is -0.676. The molecule has 0 aliphatic rings. The summed E-state index contributed by atoms with van der Waals surface area (Å²) in [7, 11) is 1.50. The molecule has 0 unspecified atom stereocenters. The SMILES string of the molecule is COc1cccc2cc(C(=O)C=Cc3ccc(SC)cc3)c(=O)oc12. The molecule has 0 bridgehead atoms. The summed E-state index contributed by atoms with van der Waals surface area (Å²) in [4.78, 5) is 25.7. The summed E-state index contributed by atoms with van der Waals surface area (Å²) in [5.41, 5.74) is 0.545. The van der Waals surface area contributed by atoms with Crippen LogP contribution in [-0.2, 0) is 0 Å². The maximum absolute atomic E-state index is 12.4. The van der Waals surface area contributed by atoms with Gasteiger partial charge in [-0.1, -0.05) is 30.3 Å². The molecule has 0 aliphatic heterocycles. The summed E-state index contributed by atoms with van der Waals surface area (Å²) in [6.07, 6.45) is 5.07. The van der Waals surface area contributed by atoms with Crippen LogP contribution in [0, 0.1) is 0 Å². The van der Waals surface area contributed by atoms with E-state index in [4.69, 9.17) is 9.15 Å². The van der Waals surface area contributed by atoms with E-state index >= 15 is 0 Å². The van der Waals surface area contributed by atoms with Gasteiger partial charge < -0.3 is 9.15 Å². The van der Waals surface area contributed by atoms with Crippen molar-refractivity contribution in [2.75, 3.05) is 13.4 Å². The van der Waals surface area contributed by atoms with E-state index in [-0.39, 0.29) is 5.56 Å². The van der Waals surface area contributed by atoms with Crippen LogP contribution in [0.3, 0.4) is 0 Å². The van der Waals surface area contributed by atoms with Gasteiger partial charge in [-0.05, 0) is 42.2 Å². The molecule has 0 saturated carbocycles. The second kappa shape index (κ2) is 7.40. The molecule has 0 atom stereocenters. The number of methoxy groups -OCH3 is 1. The third-order valence-electron chi connectivity index (χ3n) is 3.75. The van der Waals surface area contributed by atoms with Crippen LogP contribution in [0.2, 0.25) is 0 Å². The summed E-state index contributed by atoms with van der Waals surface area (Å²) in [6.45, 7) is 0. The zero-order chi connectivity index (χ0) is 17.8. The van der Waals surface area contributed by atoms with E-state index in [1.54, 1.807) is 36.0 Å². The summed E-state index contributed by atoms with van der Waals surface area (Å²) in [6, 6.07) is 14.6. The molecule has 3 rings (SSSR count). The number of hydrogen-bond donors (Lipinski definition) is 0. The van der Waals surface area contributed by atoms with Gasteiger partial charge in [0, 0.05) is 10.3 Å². The first kappa shape index (κ1) is 17.0. The van der Waals surface area contributed by atoms with Crippen molar-refractivity contribution < 1.29 is 13.9 Å². The van der Waals surface area contributed by atoms with Crippen LogP contribution in [0.15, 0.2) is 68.7 Å². The molecular formula is C20H16O4S. The second-order valence-electron chi connectivity index (χ2n) is 5.30. The van der Waals surface area contributed by atoms with Crippen molar-refractivity contribution in [3.8, 4) is 5.75 Å².